The Hall–Kier alpha value is -1.71. The van der Waals surface area contributed by atoms with E-state index in [0.29, 0.717) is 0 Å². The molecular weight excluding hydrogens is 248 g/mol. The summed E-state index contributed by atoms with van der Waals surface area (Å²) in [6, 6.07) is 10.2. The highest BCUT2D eigenvalue weighted by Crippen LogP contribution is 2.25. The van der Waals surface area contributed by atoms with Crippen LogP contribution in [0.5, 0.6) is 0 Å². The van der Waals surface area contributed by atoms with E-state index >= 15 is 0 Å². The number of aliphatic hydroxyl groups is 1. The van der Waals surface area contributed by atoms with Gasteiger partial charge in [-0.25, -0.2) is 4.98 Å². The summed E-state index contributed by atoms with van der Waals surface area (Å²) in [6.45, 7) is 5.52. The van der Waals surface area contributed by atoms with Crippen molar-refractivity contribution in [3.05, 3.63) is 47.7 Å². The fourth-order valence-electron chi connectivity index (χ4n) is 2.53. The minimum absolute atomic E-state index is 0.833. The third kappa shape index (κ3) is 2.60. The lowest BCUT2D eigenvalue weighted by molar-refractivity contribution is 0.0787. The van der Waals surface area contributed by atoms with E-state index in [0.717, 1.165) is 41.7 Å². The second kappa shape index (κ2) is 5.00. The van der Waals surface area contributed by atoms with Crippen molar-refractivity contribution in [1.29, 1.82) is 0 Å². The summed E-state index contributed by atoms with van der Waals surface area (Å²) in [4.78, 5) is 4.77. The molecule has 0 radical (unpaired) electrons. The van der Waals surface area contributed by atoms with Crippen molar-refractivity contribution in [2.75, 3.05) is 13.1 Å². The normalized spacial score (nSPS) is 16.2. The van der Waals surface area contributed by atoms with Crippen LogP contribution in [0.2, 0.25) is 0 Å². The van der Waals surface area contributed by atoms with Crippen LogP contribution in [-0.2, 0) is 5.60 Å². The summed E-state index contributed by atoms with van der Waals surface area (Å²) in [5.74, 6) is 0. The molecule has 1 aliphatic heterocycles. The Morgan fingerprint density at radius 1 is 1.20 bits per heavy atom. The monoisotopic (exact) mass is 268 g/mol. The topological polar surface area (TPSA) is 45.1 Å². The lowest BCUT2D eigenvalue weighted by Gasteiger charge is -2.18. The number of nitrogens with zero attached hydrogens (tertiary/aromatic N) is 1. The Kier molecular flexibility index (Phi) is 3.32. The number of hydrogen-bond acceptors (Lipinski definition) is 3. The van der Waals surface area contributed by atoms with Gasteiger partial charge in [0.15, 0.2) is 0 Å². The van der Waals surface area contributed by atoms with Crippen molar-refractivity contribution < 1.29 is 5.11 Å². The van der Waals surface area contributed by atoms with Gasteiger partial charge in [0.1, 0.15) is 0 Å². The zero-order valence-corrected chi connectivity index (χ0v) is 12.0. The van der Waals surface area contributed by atoms with E-state index in [4.69, 9.17) is 4.98 Å². The molecule has 1 aliphatic rings. The van der Waals surface area contributed by atoms with Crippen molar-refractivity contribution in [3.8, 4) is 0 Å². The van der Waals surface area contributed by atoms with Crippen molar-refractivity contribution >= 4 is 16.5 Å². The number of aromatic nitrogens is 1. The molecule has 0 atom stereocenters. The van der Waals surface area contributed by atoms with Crippen LogP contribution in [0.15, 0.2) is 36.4 Å². The first-order valence-corrected chi connectivity index (χ1v) is 7.08. The number of rotatable bonds is 2. The number of pyridine rings is 1. The van der Waals surface area contributed by atoms with Gasteiger partial charge in [-0.2, -0.15) is 0 Å². The maximum atomic E-state index is 10.1. The molecule has 1 aromatic carbocycles. The standard InChI is InChI=1S/C17H20N2O/c1-17(2,20)14-5-3-12-4-6-15(19-16(12)11-14)13-7-9-18-10-8-13/h3-7,11,18,20H,8-10H2,1-2H3. The second-order valence-electron chi connectivity index (χ2n) is 5.85. The molecule has 0 unspecified atom stereocenters. The van der Waals surface area contributed by atoms with Gasteiger partial charge in [-0.05, 0) is 50.1 Å². The Labute approximate surface area is 119 Å². The molecule has 20 heavy (non-hydrogen) atoms. The number of nitrogens with one attached hydrogen (secondary N) is 1. The van der Waals surface area contributed by atoms with Gasteiger partial charge in [-0.1, -0.05) is 24.3 Å². The molecule has 2 aromatic rings. The molecule has 1 aromatic heterocycles. The summed E-state index contributed by atoms with van der Waals surface area (Å²) in [7, 11) is 0. The molecule has 0 saturated heterocycles. The highest BCUT2D eigenvalue weighted by molar-refractivity contribution is 5.82. The molecule has 0 spiro atoms. The van der Waals surface area contributed by atoms with Gasteiger partial charge < -0.3 is 10.4 Å². The Morgan fingerprint density at radius 2 is 2.00 bits per heavy atom. The summed E-state index contributed by atoms with van der Waals surface area (Å²) in [5.41, 5.74) is 3.36. The first-order chi connectivity index (χ1) is 9.54. The molecule has 3 nitrogen and oxygen atoms in total. The van der Waals surface area contributed by atoms with Crippen LogP contribution < -0.4 is 5.32 Å². The van der Waals surface area contributed by atoms with Crippen LogP contribution >= 0.6 is 0 Å². The van der Waals surface area contributed by atoms with E-state index in [9.17, 15) is 5.11 Å². The molecule has 2 heterocycles. The maximum Gasteiger partial charge on any atom is 0.0841 e. The van der Waals surface area contributed by atoms with E-state index in [2.05, 4.69) is 23.5 Å². The zero-order chi connectivity index (χ0) is 14.2. The van der Waals surface area contributed by atoms with Crippen molar-refractivity contribution in [1.82, 2.24) is 10.3 Å². The predicted molar refractivity (Wildman–Crippen MR) is 82.5 cm³/mol. The van der Waals surface area contributed by atoms with E-state index in [1.165, 1.54) is 5.57 Å². The van der Waals surface area contributed by atoms with Crippen LogP contribution in [0.25, 0.3) is 16.5 Å². The summed E-state index contributed by atoms with van der Waals surface area (Å²) >= 11 is 0. The lowest BCUT2D eigenvalue weighted by atomic mass is 9.96. The average Bonchev–Trinajstić information content (AvgIpc) is 2.46. The van der Waals surface area contributed by atoms with E-state index in [1.807, 2.05) is 18.2 Å². The second-order valence-corrected chi connectivity index (χ2v) is 5.85. The minimum atomic E-state index is -0.833. The van der Waals surface area contributed by atoms with Crippen molar-refractivity contribution in [2.45, 2.75) is 25.9 Å². The highest BCUT2D eigenvalue weighted by atomic mass is 16.3. The van der Waals surface area contributed by atoms with Crippen LogP contribution in [0.4, 0.5) is 0 Å². The maximum absolute atomic E-state index is 10.1. The van der Waals surface area contributed by atoms with Crippen LogP contribution in [0, 0.1) is 0 Å². The molecule has 0 saturated carbocycles. The molecule has 104 valence electrons. The Bertz CT molecular complexity index is 668. The fraction of sp³-hybridized carbons (Fsp3) is 0.353. The Morgan fingerprint density at radius 3 is 2.70 bits per heavy atom. The molecule has 0 bridgehead atoms. The van der Waals surface area contributed by atoms with Gasteiger partial charge >= 0.3 is 0 Å². The first-order valence-electron chi connectivity index (χ1n) is 7.08. The van der Waals surface area contributed by atoms with Crippen molar-refractivity contribution in [3.63, 3.8) is 0 Å². The quantitative estimate of drug-likeness (QED) is 0.880. The summed E-state index contributed by atoms with van der Waals surface area (Å²) in [5, 5.41) is 14.5. The van der Waals surface area contributed by atoms with Crippen LogP contribution in [-0.4, -0.2) is 23.2 Å². The molecule has 3 rings (SSSR count). The molecule has 3 heteroatoms. The smallest absolute Gasteiger partial charge is 0.0841 e. The van der Waals surface area contributed by atoms with Gasteiger partial charge in [-0.3, -0.25) is 0 Å². The van der Waals surface area contributed by atoms with Crippen molar-refractivity contribution in [2.24, 2.45) is 0 Å². The van der Waals surface area contributed by atoms with Gasteiger partial charge in [0, 0.05) is 11.9 Å². The zero-order valence-electron chi connectivity index (χ0n) is 12.0. The van der Waals surface area contributed by atoms with E-state index in [1.54, 1.807) is 13.8 Å². The average molecular weight is 268 g/mol. The minimum Gasteiger partial charge on any atom is -0.386 e. The van der Waals surface area contributed by atoms with E-state index in [-0.39, 0.29) is 0 Å². The third-order valence-electron chi connectivity index (χ3n) is 3.79. The van der Waals surface area contributed by atoms with Gasteiger partial charge in [0.25, 0.3) is 0 Å². The highest BCUT2D eigenvalue weighted by Gasteiger charge is 2.16. The molecule has 0 fully saturated rings. The van der Waals surface area contributed by atoms with Gasteiger partial charge in [0.05, 0.1) is 16.8 Å². The lowest BCUT2D eigenvalue weighted by Crippen LogP contribution is -2.20. The SMILES string of the molecule is CC(C)(O)c1ccc2ccc(C3=CCNCC3)nc2c1. The molecule has 0 aliphatic carbocycles. The molecule has 0 amide bonds. The fourth-order valence-corrected chi connectivity index (χ4v) is 2.53. The summed E-state index contributed by atoms with van der Waals surface area (Å²) in [6.07, 6.45) is 3.22. The predicted octanol–water partition coefficient (Wildman–Crippen LogP) is 2.84. The molecule has 2 N–H and O–H groups in total. The van der Waals surface area contributed by atoms with E-state index < -0.39 is 5.60 Å². The number of hydrogen-bond donors (Lipinski definition) is 2. The van der Waals surface area contributed by atoms with Gasteiger partial charge in [0.2, 0.25) is 0 Å². The van der Waals surface area contributed by atoms with Crippen LogP contribution in [0.1, 0.15) is 31.5 Å². The largest absolute Gasteiger partial charge is 0.386 e. The van der Waals surface area contributed by atoms with Crippen LogP contribution in [0.3, 0.4) is 0 Å². The third-order valence-corrected chi connectivity index (χ3v) is 3.79. The summed E-state index contributed by atoms with van der Waals surface area (Å²) < 4.78 is 0. The first kappa shape index (κ1) is 13.3. The van der Waals surface area contributed by atoms with Gasteiger partial charge in [-0.15, -0.1) is 0 Å². The number of benzene rings is 1. The molecular formula is C17H20N2O. The Balaban J connectivity index is 2.07. The number of fused-ring (bicyclic) bond motifs is 1.